The molecule has 2 rings (SSSR count). The van der Waals surface area contributed by atoms with Crippen LogP contribution in [0.1, 0.15) is 18.4 Å². The van der Waals surface area contributed by atoms with Gasteiger partial charge in [0.05, 0.1) is 6.61 Å². The van der Waals surface area contributed by atoms with E-state index in [1.807, 2.05) is 25.1 Å². The van der Waals surface area contributed by atoms with Gasteiger partial charge in [-0.15, -0.1) is 0 Å². The van der Waals surface area contributed by atoms with Crippen LogP contribution in [0.5, 0.6) is 5.75 Å². The molecule has 0 radical (unpaired) electrons. The fourth-order valence-electron chi connectivity index (χ4n) is 2.08. The third-order valence-corrected chi connectivity index (χ3v) is 4.95. The molecule has 0 aromatic heterocycles. The Labute approximate surface area is 122 Å². The van der Waals surface area contributed by atoms with Gasteiger partial charge in [-0.25, -0.2) is 0 Å². The van der Waals surface area contributed by atoms with E-state index < -0.39 is 0 Å². The van der Waals surface area contributed by atoms with Crippen LogP contribution in [-0.4, -0.2) is 25.2 Å². The van der Waals surface area contributed by atoms with E-state index in [1.165, 1.54) is 0 Å². The summed E-state index contributed by atoms with van der Waals surface area (Å²) in [5.74, 6) is 0.884. The Kier molecular flexibility index (Phi) is 4.93. The second kappa shape index (κ2) is 6.27. The lowest BCUT2D eigenvalue weighted by molar-refractivity contribution is 0.00344. The lowest BCUT2D eigenvalue weighted by Gasteiger charge is -2.35. The summed E-state index contributed by atoms with van der Waals surface area (Å²) in [7, 11) is 0. The smallest absolute Gasteiger partial charge is 0.123 e. The standard InChI is InChI=1S/C14H18BrClO2/c1-11-2-3-12(16)8-13(11)18-10-14(9-15)4-6-17-7-5-14/h2-3,8H,4-7,9-10H2,1H3. The van der Waals surface area contributed by atoms with Crippen molar-refractivity contribution in [3.63, 3.8) is 0 Å². The van der Waals surface area contributed by atoms with Crippen LogP contribution in [-0.2, 0) is 4.74 Å². The number of halogens is 2. The van der Waals surface area contributed by atoms with Crippen molar-refractivity contribution in [1.29, 1.82) is 0 Å². The Morgan fingerprint density at radius 1 is 1.39 bits per heavy atom. The number of alkyl halides is 1. The highest BCUT2D eigenvalue weighted by Gasteiger charge is 2.32. The fraction of sp³-hybridized carbons (Fsp3) is 0.571. The van der Waals surface area contributed by atoms with E-state index in [1.54, 1.807) is 0 Å². The molecule has 1 fully saturated rings. The molecule has 0 amide bonds. The topological polar surface area (TPSA) is 18.5 Å². The summed E-state index contributed by atoms with van der Waals surface area (Å²) in [6.07, 6.45) is 2.08. The van der Waals surface area contributed by atoms with Gasteiger partial charge in [0.2, 0.25) is 0 Å². The average molecular weight is 334 g/mol. The molecule has 4 heteroatoms. The Morgan fingerprint density at radius 3 is 2.78 bits per heavy atom. The van der Waals surface area contributed by atoms with Crippen molar-refractivity contribution in [3.8, 4) is 5.75 Å². The van der Waals surface area contributed by atoms with Crippen molar-refractivity contribution >= 4 is 27.5 Å². The summed E-state index contributed by atoms with van der Waals surface area (Å²) in [5.41, 5.74) is 1.31. The number of aryl methyl sites for hydroxylation is 1. The molecule has 0 spiro atoms. The molecule has 18 heavy (non-hydrogen) atoms. The Morgan fingerprint density at radius 2 is 2.11 bits per heavy atom. The van der Waals surface area contributed by atoms with Crippen molar-refractivity contribution in [2.75, 3.05) is 25.2 Å². The molecule has 2 nitrogen and oxygen atoms in total. The third kappa shape index (κ3) is 3.40. The molecule has 1 aromatic carbocycles. The first-order chi connectivity index (χ1) is 8.65. The van der Waals surface area contributed by atoms with Gasteiger partial charge in [0.15, 0.2) is 0 Å². The van der Waals surface area contributed by atoms with E-state index in [2.05, 4.69) is 15.9 Å². The summed E-state index contributed by atoms with van der Waals surface area (Å²) >= 11 is 9.61. The van der Waals surface area contributed by atoms with Gasteiger partial charge in [0.25, 0.3) is 0 Å². The van der Waals surface area contributed by atoms with Gasteiger partial charge in [-0.1, -0.05) is 33.6 Å². The summed E-state index contributed by atoms with van der Waals surface area (Å²) in [4.78, 5) is 0. The van der Waals surface area contributed by atoms with Crippen molar-refractivity contribution in [3.05, 3.63) is 28.8 Å². The molecular weight excluding hydrogens is 316 g/mol. The minimum Gasteiger partial charge on any atom is -0.493 e. The van der Waals surface area contributed by atoms with Crippen molar-refractivity contribution < 1.29 is 9.47 Å². The monoisotopic (exact) mass is 332 g/mol. The van der Waals surface area contributed by atoms with Crippen LogP contribution in [0.2, 0.25) is 5.02 Å². The molecule has 0 unspecified atom stereocenters. The normalized spacial score (nSPS) is 18.6. The van der Waals surface area contributed by atoms with E-state index in [-0.39, 0.29) is 5.41 Å². The highest BCUT2D eigenvalue weighted by atomic mass is 79.9. The van der Waals surface area contributed by atoms with Gasteiger partial charge in [-0.2, -0.15) is 0 Å². The molecule has 0 atom stereocenters. The van der Waals surface area contributed by atoms with Crippen LogP contribution in [0.25, 0.3) is 0 Å². The minimum atomic E-state index is 0.188. The maximum absolute atomic E-state index is 6.00. The first kappa shape index (κ1) is 14.2. The first-order valence-electron chi connectivity index (χ1n) is 6.18. The number of benzene rings is 1. The van der Waals surface area contributed by atoms with Crippen LogP contribution < -0.4 is 4.74 Å². The molecule has 1 aromatic rings. The molecule has 1 aliphatic heterocycles. The SMILES string of the molecule is Cc1ccc(Cl)cc1OCC1(CBr)CCOCC1. The third-order valence-electron chi connectivity index (χ3n) is 3.52. The molecule has 0 aliphatic carbocycles. The molecule has 1 aliphatic rings. The molecule has 1 saturated heterocycles. The maximum atomic E-state index is 6.00. The second-order valence-electron chi connectivity index (χ2n) is 4.94. The van der Waals surface area contributed by atoms with Gasteiger partial charge in [-0.05, 0) is 37.5 Å². The van der Waals surface area contributed by atoms with Crippen LogP contribution in [0.4, 0.5) is 0 Å². The molecule has 100 valence electrons. The number of hydrogen-bond donors (Lipinski definition) is 0. The quantitative estimate of drug-likeness (QED) is 0.768. The Hall–Kier alpha value is -0.250. The molecule has 0 bridgehead atoms. The van der Waals surface area contributed by atoms with Gasteiger partial charge in [-0.3, -0.25) is 0 Å². The maximum Gasteiger partial charge on any atom is 0.123 e. The number of hydrogen-bond acceptors (Lipinski definition) is 2. The minimum absolute atomic E-state index is 0.188. The summed E-state index contributed by atoms with van der Waals surface area (Å²) in [5, 5.41) is 1.67. The highest BCUT2D eigenvalue weighted by molar-refractivity contribution is 9.09. The predicted molar refractivity (Wildman–Crippen MR) is 78.0 cm³/mol. The second-order valence-corrected chi connectivity index (χ2v) is 5.94. The van der Waals surface area contributed by atoms with Crippen LogP contribution in [0, 0.1) is 12.3 Å². The summed E-state index contributed by atoms with van der Waals surface area (Å²) in [6, 6.07) is 5.76. The lowest BCUT2D eigenvalue weighted by Crippen LogP contribution is -2.36. The molecule has 1 heterocycles. The molecule has 0 N–H and O–H groups in total. The molecule has 0 saturated carbocycles. The number of ether oxygens (including phenoxy) is 2. The molecular formula is C14H18BrClO2. The zero-order chi connectivity index (χ0) is 13.0. The lowest BCUT2D eigenvalue weighted by atomic mass is 9.83. The summed E-state index contributed by atoms with van der Waals surface area (Å²) < 4.78 is 11.4. The van der Waals surface area contributed by atoms with Crippen molar-refractivity contribution in [2.24, 2.45) is 5.41 Å². The van der Waals surface area contributed by atoms with E-state index in [9.17, 15) is 0 Å². The van der Waals surface area contributed by atoms with E-state index in [0.29, 0.717) is 6.61 Å². The van der Waals surface area contributed by atoms with Gasteiger partial charge < -0.3 is 9.47 Å². The van der Waals surface area contributed by atoms with Crippen molar-refractivity contribution in [1.82, 2.24) is 0 Å². The zero-order valence-electron chi connectivity index (χ0n) is 10.5. The first-order valence-corrected chi connectivity index (χ1v) is 7.68. The Bertz CT molecular complexity index is 403. The van der Waals surface area contributed by atoms with Gasteiger partial charge >= 0.3 is 0 Å². The average Bonchev–Trinajstić information content (AvgIpc) is 2.41. The largest absolute Gasteiger partial charge is 0.493 e. The van der Waals surface area contributed by atoms with Crippen molar-refractivity contribution in [2.45, 2.75) is 19.8 Å². The van der Waals surface area contributed by atoms with Crippen LogP contribution >= 0.6 is 27.5 Å². The van der Waals surface area contributed by atoms with Crippen LogP contribution in [0.3, 0.4) is 0 Å². The Balaban J connectivity index is 2.03. The zero-order valence-corrected chi connectivity index (χ0v) is 12.9. The highest BCUT2D eigenvalue weighted by Crippen LogP contribution is 2.34. The van der Waals surface area contributed by atoms with E-state index in [0.717, 1.165) is 47.7 Å². The fourth-order valence-corrected chi connectivity index (χ4v) is 2.97. The summed E-state index contributed by atoms with van der Waals surface area (Å²) in [6.45, 7) is 4.40. The van der Waals surface area contributed by atoms with Gasteiger partial charge in [0.1, 0.15) is 5.75 Å². The number of rotatable bonds is 4. The van der Waals surface area contributed by atoms with Crippen LogP contribution in [0.15, 0.2) is 18.2 Å². The van der Waals surface area contributed by atoms with E-state index >= 15 is 0 Å². The van der Waals surface area contributed by atoms with Gasteiger partial charge in [0, 0.05) is 29.0 Å². The predicted octanol–water partition coefficient (Wildman–Crippen LogP) is 4.22. The van der Waals surface area contributed by atoms with E-state index in [4.69, 9.17) is 21.1 Å².